The largest absolute Gasteiger partial charge is 0.462 e. The highest BCUT2D eigenvalue weighted by Crippen LogP contribution is 2.52. The van der Waals surface area contributed by atoms with Gasteiger partial charge in [0.25, 0.3) is 0 Å². The van der Waals surface area contributed by atoms with Crippen LogP contribution < -0.4 is 4.90 Å². The fourth-order valence-electron chi connectivity index (χ4n) is 3.96. The molecule has 9 heteroatoms. The molecule has 3 aliphatic rings. The number of fused-ring (bicyclic) bond motifs is 5. The number of esters is 1. The Morgan fingerprint density at radius 3 is 2.70 bits per heavy atom. The topological polar surface area (TPSA) is 72.9 Å². The van der Waals surface area contributed by atoms with Crippen LogP contribution in [0.3, 0.4) is 0 Å². The number of rotatable bonds is 3. The van der Waals surface area contributed by atoms with Crippen LogP contribution in [0.15, 0.2) is 36.4 Å². The lowest BCUT2D eigenvalue weighted by Crippen LogP contribution is -2.44. The second-order valence-corrected chi connectivity index (χ2v) is 6.74. The molecular formula is C18H14F3NO5. The van der Waals surface area contributed by atoms with Gasteiger partial charge in [-0.3, -0.25) is 14.4 Å². The first-order valence-corrected chi connectivity index (χ1v) is 8.20. The van der Waals surface area contributed by atoms with Crippen molar-refractivity contribution in [3.8, 4) is 0 Å². The summed E-state index contributed by atoms with van der Waals surface area (Å²) in [5.74, 6) is -3.66. The van der Waals surface area contributed by atoms with Crippen molar-refractivity contribution in [3.63, 3.8) is 0 Å². The van der Waals surface area contributed by atoms with Crippen LogP contribution in [0.4, 0.5) is 18.9 Å². The minimum Gasteiger partial charge on any atom is -0.462 e. The van der Waals surface area contributed by atoms with Crippen LogP contribution in [0.5, 0.6) is 0 Å². The Bertz CT molecular complexity index is 880. The fourth-order valence-corrected chi connectivity index (χ4v) is 3.96. The number of carbonyl (C=O) groups is 3. The second kappa shape index (κ2) is 5.66. The number of anilines is 1. The van der Waals surface area contributed by atoms with E-state index in [9.17, 15) is 27.6 Å². The van der Waals surface area contributed by atoms with Crippen LogP contribution >= 0.6 is 0 Å². The van der Waals surface area contributed by atoms with Gasteiger partial charge in [0, 0.05) is 6.92 Å². The van der Waals surface area contributed by atoms with Crippen molar-refractivity contribution in [1.29, 1.82) is 0 Å². The van der Waals surface area contributed by atoms with Gasteiger partial charge in [0.2, 0.25) is 11.8 Å². The van der Waals surface area contributed by atoms with Gasteiger partial charge >= 0.3 is 12.1 Å². The van der Waals surface area contributed by atoms with Crippen molar-refractivity contribution < 1.29 is 37.0 Å². The molecule has 2 bridgehead atoms. The Balaban J connectivity index is 1.69. The summed E-state index contributed by atoms with van der Waals surface area (Å²) < 4.78 is 49.7. The summed E-state index contributed by atoms with van der Waals surface area (Å²) in [5, 5.41) is 0. The molecule has 0 aromatic heterocycles. The molecule has 0 spiro atoms. The first kappa shape index (κ1) is 17.7. The lowest BCUT2D eigenvalue weighted by atomic mass is 9.77. The van der Waals surface area contributed by atoms with Crippen molar-refractivity contribution in [2.45, 2.75) is 24.8 Å². The number of hydrogen-bond acceptors (Lipinski definition) is 5. The van der Waals surface area contributed by atoms with Gasteiger partial charge in [-0.1, -0.05) is 12.1 Å². The molecule has 142 valence electrons. The molecule has 0 radical (unpaired) electrons. The van der Waals surface area contributed by atoms with Crippen molar-refractivity contribution in [3.05, 3.63) is 42.0 Å². The monoisotopic (exact) mass is 381 g/mol. The van der Waals surface area contributed by atoms with E-state index in [4.69, 9.17) is 9.47 Å². The first-order chi connectivity index (χ1) is 12.6. The third-order valence-electron chi connectivity index (χ3n) is 5.09. The normalized spacial score (nSPS) is 31.6. The van der Waals surface area contributed by atoms with Gasteiger partial charge in [-0.2, -0.15) is 13.2 Å². The molecule has 1 aromatic rings. The maximum Gasteiger partial charge on any atom is 0.416 e. The van der Waals surface area contributed by atoms with E-state index in [0.29, 0.717) is 0 Å². The summed E-state index contributed by atoms with van der Waals surface area (Å²) in [5.41, 5.74) is -2.37. The molecule has 0 aliphatic carbocycles. The Morgan fingerprint density at radius 1 is 1.30 bits per heavy atom. The third-order valence-corrected chi connectivity index (χ3v) is 5.09. The number of hydrogen-bond donors (Lipinski definition) is 0. The van der Waals surface area contributed by atoms with Crippen LogP contribution in [0, 0.1) is 11.8 Å². The predicted molar refractivity (Wildman–Crippen MR) is 84.3 cm³/mol. The van der Waals surface area contributed by atoms with Gasteiger partial charge in [-0.25, -0.2) is 4.90 Å². The molecule has 2 fully saturated rings. The first-order valence-electron chi connectivity index (χ1n) is 8.20. The van der Waals surface area contributed by atoms with Crippen LogP contribution in [0.1, 0.15) is 12.5 Å². The summed E-state index contributed by atoms with van der Waals surface area (Å²) in [4.78, 5) is 37.7. The van der Waals surface area contributed by atoms with E-state index >= 15 is 0 Å². The zero-order valence-electron chi connectivity index (χ0n) is 14.0. The van der Waals surface area contributed by atoms with Crippen molar-refractivity contribution >= 4 is 23.5 Å². The van der Waals surface area contributed by atoms with Gasteiger partial charge in [-0.15, -0.1) is 0 Å². The van der Waals surface area contributed by atoms with E-state index in [1.165, 1.54) is 13.0 Å². The molecule has 27 heavy (non-hydrogen) atoms. The molecule has 1 aromatic carbocycles. The highest BCUT2D eigenvalue weighted by molar-refractivity contribution is 6.23. The number of alkyl halides is 3. The van der Waals surface area contributed by atoms with Gasteiger partial charge in [0.05, 0.1) is 29.2 Å². The van der Waals surface area contributed by atoms with Crippen molar-refractivity contribution in [1.82, 2.24) is 0 Å². The molecule has 3 heterocycles. The summed E-state index contributed by atoms with van der Waals surface area (Å²) in [6.07, 6.45) is -2.08. The van der Waals surface area contributed by atoms with E-state index in [0.717, 1.165) is 23.1 Å². The van der Waals surface area contributed by atoms with Gasteiger partial charge in [-0.05, 0) is 24.3 Å². The lowest BCUT2D eigenvalue weighted by molar-refractivity contribution is -0.150. The number of halogens is 3. The molecular weight excluding hydrogens is 367 g/mol. The maximum absolute atomic E-state index is 13.0. The van der Waals surface area contributed by atoms with Gasteiger partial charge in [0.1, 0.15) is 12.2 Å². The molecule has 3 aliphatic heterocycles. The van der Waals surface area contributed by atoms with Gasteiger partial charge < -0.3 is 9.47 Å². The van der Waals surface area contributed by atoms with Crippen LogP contribution in [0.2, 0.25) is 0 Å². The van der Waals surface area contributed by atoms with Crippen molar-refractivity contribution in [2.75, 3.05) is 11.5 Å². The quantitative estimate of drug-likeness (QED) is 0.455. The van der Waals surface area contributed by atoms with Gasteiger partial charge in [0.15, 0.2) is 0 Å². The summed E-state index contributed by atoms with van der Waals surface area (Å²) in [6.45, 7) is 0.960. The molecule has 0 N–H and O–H groups in total. The zero-order valence-corrected chi connectivity index (χ0v) is 14.0. The number of imide groups is 1. The zero-order chi connectivity index (χ0) is 19.6. The smallest absolute Gasteiger partial charge is 0.416 e. The maximum atomic E-state index is 13.0. The number of benzene rings is 1. The van der Waals surface area contributed by atoms with Crippen LogP contribution in [-0.4, -0.2) is 36.1 Å². The van der Waals surface area contributed by atoms with E-state index in [1.54, 1.807) is 12.2 Å². The highest BCUT2D eigenvalue weighted by Gasteiger charge is 2.68. The average molecular weight is 381 g/mol. The average Bonchev–Trinajstić information content (AvgIpc) is 3.23. The molecule has 2 saturated heterocycles. The Labute approximate surface area is 151 Å². The summed E-state index contributed by atoms with van der Waals surface area (Å²) >= 11 is 0. The number of ether oxygens (including phenoxy) is 2. The molecule has 4 rings (SSSR count). The SMILES string of the molecule is CC(=O)OCC12C=CC(O1)[C@@H]1C(=O)N(c3cccc(C(F)(F)F)c3)C(=O)[C@@H]12. The number of nitrogens with zero attached hydrogens (tertiary/aromatic N) is 1. The molecule has 0 saturated carbocycles. The molecule has 2 amide bonds. The van der Waals surface area contributed by atoms with E-state index in [1.807, 2.05) is 0 Å². The number of carbonyl (C=O) groups excluding carboxylic acids is 3. The third kappa shape index (κ3) is 2.56. The second-order valence-electron chi connectivity index (χ2n) is 6.74. The molecule has 2 unspecified atom stereocenters. The van der Waals surface area contributed by atoms with E-state index in [2.05, 4.69) is 0 Å². The summed E-state index contributed by atoms with van der Waals surface area (Å²) in [7, 11) is 0. The highest BCUT2D eigenvalue weighted by atomic mass is 19.4. The lowest BCUT2D eigenvalue weighted by Gasteiger charge is -2.28. The fraction of sp³-hybridized carbons (Fsp3) is 0.389. The standard InChI is InChI=1S/C18H14F3NO5/c1-9(23)26-8-17-6-5-12(27-17)13-14(17)16(25)22(15(13)24)11-4-2-3-10(7-11)18(19,20)21/h2-7,12-14H,8H2,1H3/t12?,13-,14+,17?/m0/s1. The Morgan fingerprint density at radius 2 is 2.04 bits per heavy atom. The summed E-state index contributed by atoms with van der Waals surface area (Å²) in [6, 6.07) is 4.06. The van der Waals surface area contributed by atoms with Crippen LogP contribution in [-0.2, 0) is 30.0 Å². The molecule has 6 nitrogen and oxygen atoms in total. The van der Waals surface area contributed by atoms with Crippen LogP contribution in [0.25, 0.3) is 0 Å². The number of amides is 2. The van der Waals surface area contributed by atoms with E-state index in [-0.39, 0.29) is 12.3 Å². The Kier molecular flexibility index (Phi) is 3.71. The van der Waals surface area contributed by atoms with E-state index < -0.39 is 53.1 Å². The van der Waals surface area contributed by atoms with Crippen molar-refractivity contribution in [2.24, 2.45) is 11.8 Å². The predicted octanol–water partition coefficient (Wildman–Crippen LogP) is 2.08. The Hall–Kier alpha value is -2.68. The minimum atomic E-state index is -4.60. The molecule has 4 atom stereocenters. The minimum absolute atomic E-state index is 0.142.